The lowest BCUT2D eigenvalue weighted by Crippen LogP contribution is -2.11. The van der Waals surface area contributed by atoms with Gasteiger partial charge in [-0.3, -0.25) is 9.59 Å². The minimum Gasteiger partial charge on any atom is -0.497 e. The molecule has 0 spiro atoms. The molecule has 0 aliphatic rings. The minimum absolute atomic E-state index is 0.103. The fourth-order valence-corrected chi connectivity index (χ4v) is 3.21. The summed E-state index contributed by atoms with van der Waals surface area (Å²) in [5.74, 6) is -0.0710. The molecule has 0 unspecified atom stereocenters. The number of primary amides is 1. The number of hydrogen-bond acceptors (Lipinski definition) is 6. The monoisotopic (exact) mass is 382 g/mol. The van der Waals surface area contributed by atoms with E-state index in [1.54, 1.807) is 31.4 Å². The minimum atomic E-state index is -0.491. The standard InChI is InChI=1S/C20H18N2O4S/c1-25-17-8-6-15(7-9-17)20-22-16(12-27-20)10-18(23)26-11-13-2-4-14(5-3-13)19(21)24/h2-9,12H,10-11H2,1H3,(H2,21,24). The van der Waals surface area contributed by atoms with Crippen LogP contribution in [0.25, 0.3) is 10.6 Å². The summed E-state index contributed by atoms with van der Waals surface area (Å²) in [5.41, 5.74) is 8.03. The molecule has 3 rings (SSSR count). The zero-order valence-electron chi connectivity index (χ0n) is 14.7. The SMILES string of the molecule is COc1ccc(-c2nc(CC(=O)OCc3ccc(C(N)=O)cc3)cs2)cc1. The number of rotatable bonds is 7. The molecule has 0 saturated carbocycles. The van der Waals surface area contributed by atoms with Crippen LogP contribution in [0.4, 0.5) is 0 Å². The van der Waals surface area contributed by atoms with E-state index in [2.05, 4.69) is 4.98 Å². The van der Waals surface area contributed by atoms with Crippen LogP contribution in [0.2, 0.25) is 0 Å². The van der Waals surface area contributed by atoms with Gasteiger partial charge in [-0.25, -0.2) is 4.98 Å². The Bertz CT molecular complexity index is 933. The van der Waals surface area contributed by atoms with Crippen LogP contribution in [0.15, 0.2) is 53.9 Å². The molecule has 1 amide bonds. The third kappa shape index (κ3) is 4.92. The number of carbonyl (C=O) groups excluding carboxylic acids is 2. The van der Waals surface area contributed by atoms with Crippen LogP contribution >= 0.6 is 11.3 Å². The van der Waals surface area contributed by atoms with Crippen LogP contribution in [0.3, 0.4) is 0 Å². The number of benzene rings is 2. The summed E-state index contributed by atoms with van der Waals surface area (Å²) >= 11 is 1.47. The summed E-state index contributed by atoms with van der Waals surface area (Å²) in [4.78, 5) is 27.6. The van der Waals surface area contributed by atoms with E-state index in [0.29, 0.717) is 11.3 Å². The van der Waals surface area contributed by atoms with Crippen molar-refractivity contribution in [3.8, 4) is 16.3 Å². The van der Waals surface area contributed by atoms with Crippen LogP contribution < -0.4 is 10.5 Å². The number of carbonyl (C=O) groups is 2. The van der Waals surface area contributed by atoms with Gasteiger partial charge in [0, 0.05) is 16.5 Å². The van der Waals surface area contributed by atoms with Crippen LogP contribution in [0, 0.1) is 0 Å². The first kappa shape index (κ1) is 18.6. The molecule has 0 saturated heterocycles. The Kier molecular flexibility index (Phi) is 5.83. The molecule has 6 nitrogen and oxygen atoms in total. The first-order valence-electron chi connectivity index (χ1n) is 8.18. The van der Waals surface area contributed by atoms with Gasteiger partial charge in [-0.1, -0.05) is 12.1 Å². The lowest BCUT2D eigenvalue weighted by Gasteiger charge is -2.04. The van der Waals surface area contributed by atoms with Gasteiger partial charge in [-0.05, 0) is 42.0 Å². The van der Waals surface area contributed by atoms with Gasteiger partial charge in [0.25, 0.3) is 0 Å². The average molecular weight is 382 g/mol. The van der Waals surface area contributed by atoms with Crippen molar-refractivity contribution in [3.63, 3.8) is 0 Å². The van der Waals surface area contributed by atoms with E-state index in [-0.39, 0.29) is 19.0 Å². The van der Waals surface area contributed by atoms with Gasteiger partial charge in [-0.15, -0.1) is 11.3 Å². The maximum absolute atomic E-state index is 12.0. The summed E-state index contributed by atoms with van der Waals surface area (Å²) in [6, 6.07) is 14.2. The van der Waals surface area contributed by atoms with Crippen molar-refractivity contribution in [1.29, 1.82) is 0 Å². The molecule has 7 heteroatoms. The van der Waals surface area contributed by atoms with E-state index in [0.717, 1.165) is 21.9 Å². The van der Waals surface area contributed by atoms with Crippen molar-refractivity contribution >= 4 is 23.2 Å². The lowest BCUT2D eigenvalue weighted by molar-refractivity contribution is -0.144. The third-order valence-electron chi connectivity index (χ3n) is 3.85. The highest BCUT2D eigenvalue weighted by Crippen LogP contribution is 2.26. The van der Waals surface area contributed by atoms with Gasteiger partial charge < -0.3 is 15.2 Å². The molecule has 0 bridgehead atoms. The highest BCUT2D eigenvalue weighted by atomic mass is 32.1. The number of aromatic nitrogens is 1. The lowest BCUT2D eigenvalue weighted by atomic mass is 10.1. The van der Waals surface area contributed by atoms with Gasteiger partial charge in [0.05, 0.1) is 19.2 Å². The molecular weight excluding hydrogens is 364 g/mol. The molecule has 138 valence electrons. The zero-order valence-corrected chi connectivity index (χ0v) is 15.5. The molecule has 0 aliphatic carbocycles. The highest BCUT2D eigenvalue weighted by molar-refractivity contribution is 7.13. The smallest absolute Gasteiger partial charge is 0.312 e. The van der Waals surface area contributed by atoms with Crippen molar-refractivity contribution in [2.75, 3.05) is 7.11 Å². The number of nitrogens with zero attached hydrogens (tertiary/aromatic N) is 1. The average Bonchev–Trinajstić information content (AvgIpc) is 3.15. The number of hydrogen-bond donors (Lipinski definition) is 1. The van der Waals surface area contributed by atoms with Crippen molar-refractivity contribution in [1.82, 2.24) is 4.98 Å². The number of amides is 1. The number of ether oxygens (including phenoxy) is 2. The molecule has 2 aromatic carbocycles. The number of thiazole rings is 1. The van der Waals surface area contributed by atoms with E-state index >= 15 is 0 Å². The van der Waals surface area contributed by atoms with Crippen LogP contribution in [0.1, 0.15) is 21.6 Å². The Morgan fingerprint density at radius 1 is 1.07 bits per heavy atom. The third-order valence-corrected chi connectivity index (χ3v) is 4.79. The summed E-state index contributed by atoms with van der Waals surface area (Å²) in [6.45, 7) is 0.132. The molecule has 1 aromatic heterocycles. The summed E-state index contributed by atoms with van der Waals surface area (Å²) in [7, 11) is 1.62. The molecule has 0 radical (unpaired) electrons. The second-order valence-corrected chi connectivity index (χ2v) is 6.63. The van der Waals surface area contributed by atoms with Crippen molar-refractivity contribution in [2.24, 2.45) is 5.73 Å². The summed E-state index contributed by atoms with van der Waals surface area (Å²) < 4.78 is 10.4. The maximum Gasteiger partial charge on any atom is 0.312 e. The molecule has 3 aromatic rings. The summed E-state index contributed by atoms with van der Waals surface area (Å²) in [6.07, 6.45) is 0.103. The van der Waals surface area contributed by atoms with Gasteiger partial charge in [0.1, 0.15) is 17.4 Å². The quantitative estimate of drug-likeness (QED) is 0.634. The fraction of sp³-hybridized carbons (Fsp3) is 0.150. The Labute approximate surface area is 160 Å². The first-order chi connectivity index (χ1) is 13.0. The van der Waals surface area contributed by atoms with Crippen molar-refractivity contribution in [2.45, 2.75) is 13.0 Å². The van der Waals surface area contributed by atoms with E-state index in [1.165, 1.54) is 11.3 Å². The molecule has 0 atom stereocenters. The van der Waals surface area contributed by atoms with Gasteiger partial charge >= 0.3 is 5.97 Å². The number of esters is 1. The Morgan fingerprint density at radius 2 is 1.78 bits per heavy atom. The molecular formula is C20H18N2O4S. The Hall–Kier alpha value is -3.19. The molecule has 1 heterocycles. The van der Waals surface area contributed by atoms with Crippen LogP contribution in [-0.2, 0) is 22.6 Å². The van der Waals surface area contributed by atoms with Crippen LogP contribution in [0.5, 0.6) is 5.75 Å². The van der Waals surface area contributed by atoms with Crippen molar-refractivity contribution < 1.29 is 19.1 Å². The van der Waals surface area contributed by atoms with Crippen LogP contribution in [-0.4, -0.2) is 24.0 Å². The van der Waals surface area contributed by atoms with Gasteiger partial charge in [0.15, 0.2) is 0 Å². The predicted molar refractivity (Wildman–Crippen MR) is 103 cm³/mol. The van der Waals surface area contributed by atoms with E-state index in [9.17, 15) is 9.59 Å². The Balaban J connectivity index is 1.55. The van der Waals surface area contributed by atoms with E-state index in [1.807, 2.05) is 29.6 Å². The highest BCUT2D eigenvalue weighted by Gasteiger charge is 2.11. The normalized spacial score (nSPS) is 10.4. The topological polar surface area (TPSA) is 91.5 Å². The second-order valence-electron chi connectivity index (χ2n) is 5.77. The molecule has 27 heavy (non-hydrogen) atoms. The number of methoxy groups -OCH3 is 1. The largest absolute Gasteiger partial charge is 0.497 e. The molecule has 0 fully saturated rings. The van der Waals surface area contributed by atoms with E-state index in [4.69, 9.17) is 15.2 Å². The second kappa shape index (κ2) is 8.46. The zero-order chi connectivity index (χ0) is 19.2. The first-order valence-corrected chi connectivity index (χ1v) is 9.06. The predicted octanol–water partition coefficient (Wildman–Crippen LogP) is 3.20. The molecule has 2 N–H and O–H groups in total. The van der Waals surface area contributed by atoms with Gasteiger partial charge in [-0.2, -0.15) is 0 Å². The fourth-order valence-electron chi connectivity index (χ4n) is 2.38. The molecule has 0 aliphatic heterocycles. The maximum atomic E-state index is 12.0. The summed E-state index contributed by atoms with van der Waals surface area (Å²) in [5, 5.41) is 2.69. The Morgan fingerprint density at radius 3 is 2.41 bits per heavy atom. The van der Waals surface area contributed by atoms with E-state index < -0.39 is 5.91 Å². The number of nitrogens with two attached hydrogens (primary N) is 1. The van der Waals surface area contributed by atoms with Gasteiger partial charge in [0.2, 0.25) is 5.91 Å². The van der Waals surface area contributed by atoms with Crippen molar-refractivity contribution in [3.05, 3.63) is 70.7 Å².